The molecule has 0 aliphatic rings. The summed E-state index contributed by atoms with van der Waals surface area (Å²) in [6.07, 6.45) is 4.54. The number of carbonyl (C=O) groups is 1. The van der Waals surface area contributed by atoms with Gasteiger partial charge in [-0.05, 0) is 41.8 Å². The number of benzene rings is 2. The maximum absolute atomic E-state index is 12.1. The molecule has 0 fully saturated rings. The molecule has 0 bridgehead atoms. The van der Waals surface area contributed by atoms with Gasteiger partial charge in [0.2, 0.25) is 5.91 Å². The van der Waals surface area contributed by atoms with Crippen molar-refractivity contribution in [3.8, 4) is 17.0 Å². The number of hydrogen-bond donors (Lipinski definition) is 2. The summed E-state index contributed by atoms with van der Waals surface area (Å²) in [4.78, 5) is 19.1. The normalized spacial score (nSPS) is 10.4. The van der Waals surface area contributed by atoms with Gasteiger partial charge in [-0.25, -0.2) is 4.98 Å². The van der Waals surface area contributed by atoms with E-state index in [0.29, 0.717) is 12.8 Å². The average Bonchev–Trinajstić information content (AvgIpc) is 3.16. The Kier molecular flexibility index (Phi) is 4.91. The van der Waals surface area contributed by atoms with E-state index in [1.54, 1.807) is 19.6 Å². The predicted octanol–water partition coefficient (Wildman–Crippen LogP) is 3.66. The number of ether oxygens (including phenoxy) is 1. The molecule has 122 valence electrons. The van der Waals surface area contributed by atoms with Crippen molar-refractivity contribution in [2.45, 2.75) is 12.8 Å². The molecule has 0 spiro atoms. The lowest BCUT2D eigenvalue weighted by atomic mass is 10.1. The van der Waals surface area contributed by atoms with Crippen molar-refractivity contribution in [1.82, 2.24) is 9.97 Å². The van der Waals surface area contributed by atoms with Crippen LogP contribution in [-0.4, -0.2) is 23.0 Å². The minimum atomic E-state index is 0.000100. The van der Waals surface area contributed by atoms with Crippen LogP contribution in [0.4, 0.5) is 5.69 Å². The lowest BCUT2D eigenvalue weighted by Gasteiger charge is -2.07. The van der Waals surface area contributed by atoms with E-state index in [9.17, 15) is 4.79 Å². The minimum Gasteiger partial charge on any atom is -0.497 e. The summed E-state index contributed by atoms with van der Waals surface area (Å²) < 4.78 is 5.12. The molecule has 3 rings (SSSR count). The zero-order valence-electron chi connectivity index (χ0n) is 13.5. The third-order valence-electron chi connectivity index (χ3n) is 3.78. The van der Waals surface area contributed by atoms with Crippen molar-refractivity contribution < 1.29 is 9.53 Å². The number of aromatic amines is 1. The van der Waals surface area contributed by atoms with Gasteiger partial charge in [-0.2, -0.15) is 0 Å². The molecule has 3 aromatic rings. The molecular formula is C19H19N3O2. The summed E-state index contributed by atoms with van der Waals surface area (Å²) in [5, 5.41) is 2.92. The molecule has 1 heterocycles. The number of aromatic nitrogens is 2. The van der Waals surface area contributed by atoms with Crippen molar-refractivity contribution in [1.29, 1.82) is 0 Å². The molecule has 0 saturated carbocycles. The van der Waals surface area contributed by atoms with Crippen LogP contribution in [0.25, 0.3) is 11.3 Å². The zero-order valence-corrected chi connectivity index (χ0v) is 13.5. The Hall–Kier alpha value is -3.08. The fourth-order valence-electron chi connectivity index (χ4n) is 2.42. The first-order chi connectivity index (χ1) is 11.7. The molecule has 0 unspecified atom stereocenters. The van der Waals surface area contributed by atoms with Crippen molar-refractivity contribution in [3.63, 3.8) is 0 Å². The molecule has 5 nitrogen and oxygen atoms in total. The van der Waals surface area contributed by atoms with Crippen LogP contribution < -0.4 is 10.1 Å². The van der Waals surface area contributed by atoms with Crippen LogP contribution in [0.5, 0.6) is 5.75 Å². The van der Waals surface area contributed by atoms with E-state index in [1.807, 2.05) is 48.5 Å². The number of methoxy groups -OCH3 is 1. The zero-order chi connectivity index (χ0) is 16.8. The number of amides is 1. The maximum atomic E-state index is 12.1. The highest BCUT2D eigenvalue weighted by molar-refractivity contribution is 5.91. The van der Waals surface area contributed by atoms with Gasteiger partial charge in [0.05, 0.1) is 25.3 Å². The molecule has 1 amide bonds. The monoisotopic (exact) mass is 321 g/mol. The van der Waals surface area contributed by atoms with E-state index in [1.165, 1.54) is 0 Å². The second-order valence-electron chi connectivity index (χ2n) is 5.44. The number of anilines is 1. The van der Waals surface area contributed by atoms with Gasteiger partial charge in [-0.15, -0.1) is 0 Å². The number of aryl methyl sites for hydroxylation is 1. The molecular weight excluding hydrogens is 302 g/mol. The lowest BCUT2D eigenvalue weighted by molar-refractivity contribution is -0.116. The second-order valence-corrected chi connectivity index (χ2v) is 5.44. The Labute approximate surface area is 140 Å². The fraction of sp³-hybridized carbons (Fsp3) is 0.158. The maximum Gasteiger partial charge on any atom is 0.224 e. The third-order valence-corrected chi connectivity index (χ3v) is 3.78. The number of carbonyl (C=O) groups excluding carboxylic acids is 1. The summed E-state index contributed by atoms with van der Waals surface area (Å²) in [7, 11) is 1.64. The first-order valence-electron chi connectivity index (χ1n) is 7.76. The van der Waals surface area contributed by atoms with E-state index in [0.717, 1.165) is 28.3 Å². The second kappa shape index (κ2) is 7.46. The molecule has 0 saturated heterocycles. The van der Waals surface area contributed by atoms with Crippen LogP contribution in [0.1, 0.15) is 12.0 Å². The Morgan fingerprint density at radius 3 is 2.50 bits per heavy atom. The van der Waals surface area contributed by atoms with Gasteiger partial charge in [-0.3, -0.25) is 4.79 Å². The Morgan fingerprint density at radius 1 is 1.12 bits per heavy atom. The highest BCUT2D eigenvalue weighted by atomic mass is 16.5. The molecule has 0 radical (unpaired) electrons. The average molecular weight is 321 g/mol. The van der Waals surface area contributed by atoms with Gasteiger partial charge in [0.15, 0.2) is 0 Å². The van der Waals surface area contributed by atoms with Crippen LogP contribution in [-0.2, 0) is 11.2 Å². The van der Waals surface area contributed by atoms with Crippen LogP contribution in [0.3, 0.4) is 0 Å². The number of hydrogen-bond acceptors (Lipinski definition) is 3. The van der Waals surface area contributed by atoms with Gasteiger partial charge in [0, 0.05) is 12.1 Å². The minimum absolute atomic E-state index is 0.000100. The summed E-state index contributed by atoms with van der Waals surface area (Å²) in [6.45, 7) is 0. The lowest BCUT2D eigenvalue weighted by Crippen LogP contribution is -2.12. The molecule has 0 aliphatic heterocycles. The van der Waals surface area contributed by atoms with E-state index in [2.05, 4.69) is 15.3 Å². The third kappa shape index (κ3) is 4.01. The summed E-state index contributed by atoms with van der Waals surface area (Å²) >= 11 is 0. The topological polar surface area (TPSA) is 67.0 Å². The molecule has 5 heteroatoms. The molecule has 2 N–H and O–H groups in total. The first-order valence-corrected chi connectivity index (χ1v) is 7.76. The first kappa shape index (κ1) is 15.8. The van der Waals surface area contributed by atoms with Gasteiger partial charge in [0.1, 0.15) is 5.75 Å². The Bertz CT molecular complexity index is 778. The van der Waals surface area contributed by atoms with Crippen molar-refractivity contribution in [2.24, 2.45) is 0 Å². The van der Waals surface area contributed by atoms with Gasteiger partial charge in [0.25, 0.3) is 0 Å². The highest BCUT2D eigenvalue weighted by Crippen LogP contribution is 2.19. The van der Waals surface area contributed by atoms with Crippen molar-refractivity contribution >= 4 is 11.6 Å². The molecule has 0 aliphatic carbocycles. The quantitative estimate of drug-likeness (QED) is 0.728. The highest BCUT2D eigenvalue weighted by Gasteiger charge is 2.05. The number of nitrogens with one attached hydrogen (secondary N) is 2. The fourth-order valence-corrected chi connectivity index (χ4v) is 2.42. The molecule has 0 atom stereocenters. The SMILES string of the molecule is COc1ccc(CCC(=O)Nc2ccc(-c3cnc[nH]3)cc2)cc1. The van der Waals surface area contributed by atoms with Gasteiger partial charge in [-0.1, -0.05) is 24.3 Å². The van der Waals surface area contributed by atoms with Crippen LogP contribution in [0.15, 0.2) is 61.1 Å². The van der Waals surface area contributed by atoms with Crippen molar-refractivity contribution in [2.75, 3.05) is 12.4 Å². The van der Waals surface area contributed by atoms with E-state index in [-0.39, 0.29) is 5.91 Å². The smallest absolute Gasteiger partial charge is 0.224 e. The van der Waals surface area contributed by atoms with E-state index in [4.69, 9.17) is 4.74 Å². The van der Waals surface area contributed by atoms with E-state index >= 15 is 0 Å². The molecule has 2 aromatic carbocycles. The standard InChI is InChI=1S/C19H19N3O2/c1-24-17-9-2-14(3-10-17)4-11-19(23)22-16-7-5-15(6-8-16)18-12-20-13-21-18/h2-3,5-10,12-13H,4,11H2,1H3,(H,20,21)(H,22,23). The Morgan fingerprint density at radius 2 is 1.88 bits per heavy atom. The van der Waals surface area contributed by atoms with Crippen LogP contribution >= 0.6 is 0 Å². The predicted molar refractivity (Wildman–Crippen MR) is 94.0 cm³/mol. The molecule has 24 heavy (non-hydrogen) atoms. The van der Waals surface area contributed by atoms with Gasteiger partial charge < -0.3 is 15.0 Å². The number of imidazole rings is 1. The number of rotatable bonds is 6. The summed E-state index contributed by atoms with van der Waals surface area (Å²) in [5.74, 6) is 0.820. The van der Waals surface area contributed by atoms with Gasteiger partial charge >= 0.3 is 0 Å². The number of H-pyrrole nitrogens is 1. The van der Waals surface area contributed by atoms with Crippen molar-refractivity contribution in [3.05, 3.63) is 66.6 Å². The molecule has 1 aromatic heterocycles. The number of nitrogens with zero attached hydrogens (tertiary/aromatic N) is 1. The van der Waals surface area contributed by atoms with Crippen LogP contribution in [0.2, 0.25) is 0 Å². The van der Waals surface area contributed by atoms with Crippen LogP contribution in [0, 0.1) is 0 Å². The largest absolute Gasteiger partial charge is 0.497 e. The van der Waals surface area contributed by atoms with E-state index < -0.39 is 0 Å². The summed E-state index contributed by atoms with van der Waals surface area (Å²) in [6, 6.07) is 15.4. The summed E-state index contributed by atoms with van der Waals surface area (Å²) in [5.41, 5.74) is 3.88. The Balaban J connectivity index is 1.52.